The number of fused-ring (bicyclic) bond motifs is 1. The Labute approximate surface area is 117 Å². The van der Waals surface area contributed by atoms with E-state index in [1.807, 2.05) is 31.2 Å². The molecule has 4 heteroatoms. The number of benzene rings is 1. The standard InChI is InChI=1S/C15H18O3S/c1-3-19-9-8-15(16)17-10-14-11(2)12-6-4-5-7-13(12)18-14/h4-7H,3,8-10H2,1-2H3. The van der Waals surface area contributed by atoms with E-state index in [0.29, 0.717) is 6.42 Å². The second-order valence-electron chi connectivity index (χ2n) is 4.25. The van der Waals surface area contributed by atoms with Gasteiger partial charge >= 0.3 is 5.97 Å². The van der Waals surface area contributed by atoms with Gasteiger partial charge in [0, 0.05) is 16.7 Å². The van der Waals surface area contributed by atoms with E-state index in [-0.39, 0.29) is 12.6 Å². The monoisotopic (exact) mass is 278 g/mol. The molecule has 1 heterocycles. The van der Waals surface area contributed by atoms with Crippen molar-refractivity contribution >= 4 is 28.7 Å². The lowest BCUT2D eigenvalue weighted by molar-refractivity contribution is -0.144. The molecule has 0 spiro atoms. The summed E-state index contributed by atoms with van der Waals surface area (Å²) < 4.78 is 10.9. The van der Waals surface area contributed by atoms with Crippen LogP contribution in [0.5, 0.6) is 0 Å². The van der Waals surface area contributed by atoms with E-state index in [2.05, 4.69) is 6.92 Å². The van der Waals surface area contributed by atoms with E-state index < -0.39 is 0 Å². The molecule has 0 aliphatic heterocycles. The molecule has 0 saturated heterocycles. The first-order chi connectivity index (χ1) is 9.22. The van der Waals surface area contributed by atoms with E-state index >= 15 is 0 Å². The van der Waals surface area contributed by atoms with Crippen LogP contribution in [0.1, 0.15) is 24.7 Å². The maximum Gasteiger partial charge on any atom is 0.307 e. The van der Waals surface area contributed by atoms with Gasteiger partial charge in [-0.3, -0.25) is 4.79 Å². The van der Waals surface area contributed by atoms with E-state index in [1.165, 1.54) is 0 Å². The molecule has 0 unspecified atom stereocenters. The zero-order valence-electron chi connectivity index (χ0n) is 11.3. The van der Waals surface area contributed by atoms with Crippen LogP contribution in [0.15, 0.2) is 28.7 Å². The summed E-state index contributed by atoms with van der Waals surface area (Å²) in [7, 11) is 0. The van der Waals surface area contributed by atoms with Crippen molar-refractivity contribution in [3.8, 4) is 0 Å². The molecule has 0 atom stereocenters. The second kappa shape index (κ2) is 6.66. The summed E-state index contributed by atoms with van der Waals surface area (Å²) in [5.41, 5.74) is 1.89. The van der Waals surface area contributed by atoms with Crippen LogP contribution in [0.25, 0.3) is 11.0 Å². The molecule has 0 amide bonds. The Morgan fingerprint density at radius 3 is 2.89 bits per heavy atom. The Kier molecular flexibility index (Phi) is 4.91. The molecule has 0 fully saturated rings. The molecule has 1 aromatic carbocycles. The molecule has 0 aliphatic rings. The normalized spacial score (nSPS) is 10.8. The van der Waals surface area contributed by atoms with E-state index in [9.17, 15) is 4.79 Å². The lowest BCUT2D eigenvalue weighted by Crippen LogP contribution is -2.05. The number of para-hydroxylation sites is 1. The minimum Gasteiger partial charge on any atom is -0.457 e. The molecule has 19 heavy (non-hydrogen) atoms. The average molecular weight is 278 g/mol. The highest BCUT2D eigenvalue weighted by molar-refractivity contribution is 7.99. The highest BCUT2D eigenvalue weighted by atomic mass is 32.2. The molecule has 0 aliphatic carbocycles. The average Bonchev–Trinajstić information content (AvgIpc) is 2.74. The molecule has 0 radical (unpaired) electrons. The van der Waals surface area contributed by atoms with Gasteiger partial charge in [-0.05, 0) is 18.7 Å². The zero-order chi connectivity index (χ0) is 13.7. The second-order valence-corrected chi connectivity index (χ2v) is 5.65. The minimum absolute atomic E-state index is 0.166. The quantitative estimate of drug-likeness (QED) is 0.593. The van der Waals surface area contributed by atoms with Crippen LogP contribution >= 0.6 is 11.8 Å². The van der Waals surface area contributed by atoms with Gasteiger partial charge in [-0.1, -0.05) is 25.1 Å². The minimum atomic E-state index is -0.166. The van der Waals surface area contributed by atoms with Gasteiger partial charge in [0.2, 0.25) is 0 Å². The summed E-state index contributed by atoms with van der Waals surface area (Å²) >= 11 is 1.74. The molecule has 0 bridgehead atoms. The number of hydrogen-bond donors (Lipinski definition) is 0. The number of hydrogen-bond acceptors (Lipinski definition) is 4. The van der Waals surface area contributed by atoms with Crippen LogP contribution in [0, 0.1) is 6.92 Å². The van der Waals surface area contributed by atoms with Crippen LogP contribution in [0.2, 0.25) is 0 Å². The topological polar surface area (TPSA) is 39.4 Å². The predicted octanol–water partition coefficient (Wildman–Crippen LogP) is 3.93. The fourth-order valence-electron chi connectivity index (χ4n) is 1.88. The number of carbonyl (C=O) groups is 1. The van der Waals surface area contributed by atoms with Crippen molar-refractivity contribution in [3.63, 3.8) is 0 Å². The zero-order valence-corrected chi connectivity index (χ0v) is 12.1. The van der Waals surface area contributed by atoms with Crippen molar-refractivity contribution in [3.05, 3.63) is 35.6 Å². The van der Waals surface area contributed by atoms with Gasteiger partial charge in [0.05, 0.1) is 6.42 Å². The highest BCUT2D eigenvalue weighted by Gasteiger charge is 2.11. The number of aryl methyl sites for hydroxylation is 1. The van der Waals surface area contributed by atoms with Gasteiger partial charge in [0.1, 0.15) is 18.0 Å². The summed E-state index contributed by atoms with van der Waals surface area (Å²) in [6, 6.07) is 7.84. The first-order valence-corrected chi connectivity index (χ1v) is 7.58. The maximum absolute atomic E-state index is 11.5. The largest absolute Gasteiger partial charge is 0.457 e. The third-order valence-corrected chi connectivity index (χ3v) is 3.86. The van der Waals surface area contributed by atoms with Crippen LogP contribution in [0.4, 0.5) is 0 Å². The van der Waals surface area contributed by atoms with E-state index in [4.69, 9.17) is 9.15 Å². The van der Waals surface area contributed by atoms with Crippen LogP contribution in [-0.4, -0.2) is 17.5 Å². The lowest BCUT2D eigenvalue weighted by atomic mass is 10.1. The molecule has 0 N–H and O–H groups in total. The molecule has 102 valence electrons. The summed E-state index contributed by atoms with van der Waals surface area (Å²) in [5, 5.41) is 1.08. The fourth-order valence-corrected chi connectivity index (χ4v) is 2.48. The van der Waals surface area contributed by atoms with Crippen molar-refractivity contribution in [1.29, 1.82) is 0 Å². The highest BCUT2D eigenvalue weighted by Crippen LogP contribution is 2.25. The van der Waals surface area contributed by atoms with Gasteiger partial charge in [0.25, 0.3) is 0 Å². The number of furan rings is 1. The number of ether oxygens (including phenoxy) is 1. The molecular formula is C15H18O3S. The van der Waals surface area contributed by atoms with E-state index in [0.717, 1.165) is 33.8 Å². The van der Waals surface area contributed by atoms with Gasteiger partial charge < -0.3 is 9.15 Å². The van der Waals surface area contributed by atoms with Gasteiger partial charge in [-0.2, -0.15) is 11.8 Å². The predicted molar refractivity (Wildman–Crippen MR) is 78.4 cm³/mol. The molecule has 3 nitrogen and oxygen atoms in total. The smallest absolute Gasteiger partial charge is 0.307 e. The van der Waals surface area contributed by atoms with Gasteiger partial charge in [-0.15, -0.1) is 0 Å². The maximum atomic E-state index is 11.5. The van der Waals surface area contributed by atoms with Crippen molar-refractivity contribution in [2.24, 2.45) is 0 Å². The van der Waals surface area contributed by atoms with Crippen molar-refractivity contribution in [2.75, 3.05) is 11.5 Å². The lowest BCUT2D eigenvalue weighted by Gasteiger charge is -2.03. The van der Waals surface area contributed by atoms with Gasteiger partial charge in [0.15, 0.2) is 0 Å². The van der Waals surface area contributed by atoms with E-state index in [1.54, 1.807) is 11.8 Å². The molecule has 0 saturated carbocycles. The van der Waals surface area contributed by atoms with Gasteiger partial charge in [-0.25, -0.2) is 0 Å². The van der Waals surface area contributed by atoms with Crippen molar-refractivity contribution < 1.29 is 13.9 Å². The third-order valence-electron chi connectivity index (χ3n) is 2.96. The molecule has 2 rings (SSSR count). The third kappa shape index (κ3) is 3.53. The Morgan fingerprint density at radius 1 is 1.37 bits per heavy atom. The SMILES string of the molecule is CCSCCC(=O)OCc1oc2ccccc2c1C. The Balaban J connectivity index is 1.94. The van der Waals surface area contributed by atoms with Crippen molar-refractivity contribution in [2.45, 2.75) is 26.9 Å². The summed E-state index contributed by atoms with van der Waals surface area (Å²) in [4.78, 5) is 11.5. The molecule has 2 aromatic rings. The number of thioether (sulfide) groups is 1. The first-order valence-electron chi connectivity index (χ1n) is 6.42. The Hall–Kier alpha value is -1.42. The van der Waals surface area contributed by atoms with Crippen LogP contribution in [0.3, 0.4) is 0 Å². The summed E-state index contributed by atoms with van der Waals surface area (Å²) in [5.74, 6) is 2.41. The van der Waals surface area contributed by atoms with Crippen molar-refractivity contribution in [1.82, 2.24) is 0 Å². The Bertz CT molecular complexity index is 560. The molecular weight excluding hydrogens is 260 g/mol. The fraction of sp³-hybridized carbons (Fsp3) is 0.400. The first kappa shape index (κ1) is 14.0. The molecule has 1 aromatic heterocycles. The Morgan fingerprint density at radius 2 is 2.16 bits per heavy atom. The summed E-state index contributed by atoms with van der Waals surface area (Å²) in [6.45, 7) is 4.28. The summed E-state index contributed by atoms with van der Waals surface area (Å²) in [6.07, 6.45) is 0.456. The van der Waals surface area contributed by atoms with Crippen LogP contribution in [-0.2, 0) is 16.1 Å². The number of rotatable bonds is 6. The van der Waals surface area contributed by atoms with Crippen LogP contribution < -0.4 is 0 Å². The number of esters is 1. The number of carbonyl (C=O) groups excluding carboxylic acids is 1.